The third-order valence-electron chi connectivity index (χ3n) is 4.41. The zero-order chi connectivity index (χ0) is 22.4. The summed E-state index contributed by atoms with van der Waals surface area (Å²) in [6, 6.07) is 11.8. The Kier molecular flexibility index (Phi) is 7.19. The Morgan fingerprint density at radius 3 is 2.61 bits per heavy atom. The summed E-state index contributed by atoms with van der Waals surface area (Å²) in [6.07, 6.45) is 1.53. The Bertz CT molecular complexity index is 1020. The molecule has 0 aromatic heterocycles. The van der Waals surface area contributed by atoms with Gasteiger partial charge in [-0.2, -0.15) is 0 Å². The average molecular weight is 442 g/mol. The second kappa shape index (κ2) is 10.0. The molecule has 1 aliphatic heterocycles. The van der Waals surface area contributed by atoms with Gasteiger partial charge in [0.1, 0.15) is 12.3 Å². The molecule has 8 nitrogen and oxygen atoms in total. The molecule has 2 aromatic rings. The van der Waals surface area contributed by atoms with E-state index in [-0.39, 0.29) is 29.5 Å². The monoisotopic (exact) mass is 442 g/mol. The summed E-state index contributed by atoms with van der Waals surface area (Å²) in [7, 11) is 1.57. The number of thioether (sulfide) groups is 1. The molecule has 1 saturated heterocycles. The highest BCUT2D eigenvalue weighted by Gasteiger charge is 2.36. The van der Waals surface area contributed by atoms with Gasteiger partial charge in [0.05, 0.1) is 18.6 Å². The van der Waals surface area contributed by atoms with E-state index in [1.807, 2.05) is 12.1 Å². The standard InChI is InChI=1S/C22H22N2O6S/c1-3-30-18-10-15(6-9-17(18)25)11-19-21(27)24(22(28)31-19)13-20(26)23-12-14-4-7-16(29-2)8-5-14/h4-11,25H,3,12-13H2,1-2H3,(H,23,26)/b19-11-. The van der Waals surface area contributed by atoms with Gasteiger partial charge in [-0.1, -0.05) is 18.2 Å². The molecule has 0 bridgehead atoms. The summed E-state index contributed by atoms with van der Waals surface area (Å²) in [5.41, 5.74) is 1.45. The van der Waals surface area contributed by atoms with Crippen LogP contribution in [-0.2, 0) is 16.1 Å². The van der Waals surface area contributed by atoms with E-state index in [1.165, 1.54) is 12.1 Å². The number of amides is 3. The molecule has 162 valence electrons. The van der Waals surface area contributed by atoms with Crippen molar-refractivity contribution in [3.05, 3.63) is 58.5 Å². The number of nitrogens with one attached hydrogen (secondary N) is 1. The van der Waals surface area contributed by atoms with Crippen molar-refractivity contribution in [2.24, 2.45) is 0 Å². The Morgan fingerprint density at radius 1 is 1.19 bits per heavy atom. The summed E-state index contributed by atoms with van der Waals surface area (Å²) in [5, 5.41) is 12.0. The van der Waals surface area contributed by atoms with E-state index in [0.717, 1.165) is 22.2 Å². The van der Waals surface area contributed by atoms with Gasteiger partial charge in [-0.25, -0.2) is 0 Å². The highest BCUT2D eigenvalue weighted by molar-refractivity contribution is 8.18. The Hall–Kier alpha value is -3.46. The maximum atomic E-state index is 12.6. The van der Waals surface area contributed by atoms with E-state index < -0.39 is 17.1 Å². The van der Waals surface area contributed by atoms with Crippen molar-refractivity contribution in [3.63, 3.8) is 0 Å². The Morgan fingerprint density at radius 2 is 1.94 bits per heavy atom. The van der Waals surface area contributed by atoms with Crippen LogP contribution < -0.4 is 14.8 Å². The predicted octanol–water partition coefficient (Wildman–Crippen LogP) is 3.15. The van der Waals surface area contributed by atoms with Crippen LogP contribution >= 0.6 is 11.8 Å². The molecule has 3 rings (SSSR count). The molecule has 0 spiro atoms. The number of hydrogen-bond acceptors (Lipinski definition) is 7. The number of hydrogen-bond donors (Lipinski definition) is 2. The number of benzene rings is 2. The second-order valence-electron chi connectivity index (χ2n) is 6.55. The smallest absolute Gasteiger partial charge is 0.294 e. The minimum Gasteiger partial charge on any atom is -0.504 e. The van der Waals surface area contributed by atoms with Gasteiger partial charge in [-0.3, -0.25) is 19.3 Å². The van der Waals surface area contributed by atoms with Crippen LogP contribution in [0.4, 0.5) is 4.79 Å². The van der Waals surface area contributed by atoms with Crippen LogP contribution in [0.1, 0.15) is 18.1 Å². The van der Waals surface area contributed by atoms with Gasteiger partial charge in [-0.15, -0.1) is 0 Å². The minimum absolute atomic E-state index is 0.0133. The fraction of sp³-hybridized carbons (Fsp3) is 0.227. The summed E-state index contributed by atoms with van der Waals surface area (Å²) in [6.45, 7) is 2.07. The minimum atomic E-state index is -0.541. The van der Waals surface area contributed by atoms with E-state index in [1.54, 1.807) is 38.3 Å². The van der Waals surface area contributed by atoms with Crippen molar-refractivity contribution >= 4 is 34.9 Å². The molecular weight excluding hydrogens is 420 g/mol. The van der Waals surface area contributed by atoms with Crippen molar-refractivity contribution < 1.29 is 29.0 Å². The highest BCUT2D eigenvalue weighted by Crippen LogP contribution is 2.34. The quantitative estimate of drug-likeness (QED) is 0.605. The number of carbonyl (C=O) groups is 3. The van der Waals surface area contributed by atoms with Gasteiger partial charge < -0.3 is 19.9 Å². The number of methoxy groups -OCH3 is 1. The average Bonchev–Trinajstić information content (AvgIpc) is 3.02. The summed E-state index contributed by atoms with van der Waals surface area (Å²) in [5.74, 6) is -0.000950. The molecule has 0 saturated carbocycles. The number of aromatic hydroxyl groups is 1. The third-order valence-corrected chi connectivity index (χ3v) is 5.31. The van der Waals surface area contributed by atoms with Crippen LogP contribution in [0.2, 0.25) is 0 Å². The number of nitrogens with zero attached hydrogens (tertiary/aromatic N) is 1. The first kappa shape index (κ1) is 22.2. The van der Waals surface area contributed by atoms with Crippen molar-refractivity contribution in [3.8, 4) is 17.2 Å². The fourth-order valence-electron chi connectivity index (χ4n) is 2.82. The van der Waals surface area contributed by atoms with E-state index in [9.17, 15) is 19.5 Å². The fourth-order valence-corrected chi connectivity index (χ4v) is 3.66. The normalized spacial score (nSPS) is 14.8. The lowest BCUT2D eigenvalue weighted by Gasteiger charge is -2.12. The van der Waals surface area contributed by atoms with Crippen molar-refractivity contribution in [1.29, 1.82) is 0 Å². The van der Waals surface area contributed by atoms with Gasteiger partial charge in [0.25, 0.3) is 11.1 Å². The largest absolute Gasteiger partial charge is 0.504 e. The van der Waals surface area contributed by atoms with E-state index in [0.29, 0.717) is 17.9 Å². The Balaban J connectivity index is 1.62. The lowest BCUT2D eigenvalue weighted by Crippen LogP contribution is -2.39. The molecule has 2 aromatic carbocycles. The SMILES string of the molecule is CCOc1cc(/C=C2\SC(=O)N(CC(=O)NCc3ccc(OC)cc3)C2=O)ccc1O. The van der Waals surface area contributed by atoms with Gasteiger partial charge >= 0.3 is 0 Å². The Labute approximate surface area is 183 Å². The summed E-state index contributed by atoms with van der Waals surface area (Å²) in [4.78, 5) is 38.2. The predicted molar refractivity (Wildman–Crippen MR) is 117 cm³/mol. The number of phenols is 1. The van der Waals surface area contributed by atoms with Crippen LogP contribution in [0.3, 0.4) is 0 Å². The first-order chi connectivity index (χ1) is 14.9. The second-order valence-corrected chi connectivity index (χ2v) is 7.55. The van der Waals surface area contributed by atoms with Crippen LogP contribution in [0.25, 0.3) is 6.08 Å². The zero-order valence-corrected chi connectivity index (χ0v) is 17.9. The number of rotatable bonds is 8. The lowest BCUT2D eigenvalue weighted by molar-refractivity contribution is -0.129. The van der Waals surface area contributed by atoms with Crippen molar-refractivity contribution in [2.75, 3.05) is 20.3 Å². The third kappa shape index (κ3) is 5.58. The lowest BCUT2D eigenvalue weighted by atomic mass is 10.2. The highest BCUT2D eigenvalue weighted by atomic mass is 32.2. The molecule has 0 radical (unpaired) electrons. The molecule has 0 aliphatic carbocycles. The molecule has 1 aliphatic rings. The number of phenolic OH excluding ortho intramolecular Hbond substituents is 1. The number of imide groups is 1. The van der Waals surface area contributed by atoms with Crippen molar-refractivity contribution in [1.82, 2.24) is 10.2 Å². The number of ether oxygens (including phenoxy) is 2. The van der Waals surface area contributed by atoms with Gasteiger partial charge in [0, 0.05) is 6.54 Å². The number of carbonyl (C=O) groups excluding carboxylic acids is 3. The summed E-state index contributed by atoms with van der Waals surface area (Å²) < 4.78 is 10.4. The molecule has 1 fully saturated rings. The van der Waals surface area contributed by atoms with Gasteiger partial charge in [0.2, 0.25) is 5.91 Å². The summed E-state index contributed by atoms with van der Waals surface area (Å²) >= 11 is 0.762. The van der Waals surface area contributed by atoms with Crippen LogP contribution in [0.5, 0.6) is 17.2 Å². The van der Waals surface area contributed by atoms with Crippen LogP contribution in [0.15, 0.2) is 47.4 Å². The van der Waals surface area contributed by atoms with E-state index in [2.05, 4.69) is 5.32 Å². The maximum absolute atomic E-state index is 12.6. The van der Waals surface area contributed by atoms with Gasteiger partial charge in [0.15, 0.2) is 11.5 Å². The van der Waals surface area contributed by atoms with Crippen molar-refractivity contribution in [2.45, 2.75) is 13.5 Å². The van der Waals surface area contributed by atoms with Crippen LogP contribution in [0, 0.1) is 0 Å². The molecule has 2 N–H and O–H groups in total. The van der Waals surface area contributed by atoms with Crippen LogP contribution in [-0.4, -0.2) is 47.3 Å². The topological polar surface area (TPSA) is 105 Å². The molecule has 3 amide bonds. The molecule has 1 heterocycles. The molecule has 9 heteroatoms. The first-order valence-corrected chi connectivity index (χ1v) is 10.3. The first-order valence-electron chi connectivity index (χ1n) is 9.52. The van der Waals surface area contributed by atoms with E-state index in [4.69, 9.17) is 9.47 Å². The molecule has 0 atom stereocenters. The molecular formula is C22H22N2O6S. The van der Waals surface area contributed by atoms with E-state index >= 15 is 0 Å². The zero-order valence-electron chi connectivity index (χ0n) is 17.1. The molecule has 0 unspecified atom stereocenters. The molecule has 31 heavy (non-hydrogen) atoms. The maximum Gasteiger partial charge on any atom is 0.294 e. The van der Waals surface area contributed by atoms with Gasteiger partial charge in [-0.05, 0) is 60.2 Å².